The van der Waals surface area contributed by atoms with E-state index in [1.54, 1.807) is 13.2 Å². The van der Waals surface area contributed by atoms with Crippen molar-refractivity contribution in [2.24, 2.45) is 0 Å². The van der Waals surface area contributed by atoms with Crippen LogP contribution in [0, 0.1) is 0 Å². The van der Waals surface area contributed by atoms with Gasteiger partial charge in [0.05, 0.1) is 18.8 Å². The standard InChI is InChI=1S/C20H30N6O2/c1-5-26-18(13-24(2)3)22-23-19(26)15-9-11-25(12-10-15)20(27)17-8-6-7-16(21-17)14-28-4/h6-8,15H,5,9-14H2,1-4H3. The zero-order chi connectivity index (χ0) is 20.1. The van der Waals surface area contributed by atoms with Crippen LogP contribution in [0.4, 0.5) is 0 Å². The summed E-state index contributed by atoms with van der Waals surface area (Å²) < 4.78 is 7.33. The van der Waals surface area contributed by atoms with Crippen LogP contribution < -0.4 is 0 Å². The number of amides is 1. The molecule has 1 aliphatic heterocycles. The Labute approximate surface area is 166 Å². The minimum Gasteiger partial charge on any atom is -0.378 e. The molecule has 0 bridgehead atoms. The molecule has 0 radical (unpaired) electrons. The number of ether oxygens (including phenoxy) is 1. The molecule has 3 rings (SSSR count). The van der Waals surface area contributed by atoms with Gasteiger partial charge in [-0.25, -0.2) is 4.98 Å². The first-order chi connectivity index (χ1) is 13.5. The highest BCUT2D eigenvalue weighted by Crippen LogP contribution is 2.28. The van der Waals surface area contributed by atoms with Crippen molar-refractivity contribution in [1.29, 1.82) is 0 Å². The van der Waals surface area contributed by atoms with Gasteiger partial charge in [-0.1, -0.05) is 6.07 Å². The van der Waals surface area contributed by atoms with Crippen LogP contribution in [0.2, 0.25) is 0 Å². The lowest BCUT2D eigenvalue weighted by molar-refractivity contribution is 0.0703. The van der Waals surface area contributed by atoms with Crippen molar-refractivity contribution in [3.8, 4) is 0 Å². The van der Waals surface area contributed by atoms with Gasteiger partial charge in [0.25, 0.3) is 5.91 Å². The molecule has 0 atom stereocenters. The van der Waals surface area contributed by atoms with E-state index in [4.69, 9.17) is 4.74 Å². The van der Waals surface area contributed by atoms with Crippen molar-refractivity contribution in [2.45, 2.75) is 45.4 Å². The summed E-state index contributed by atoms with van der Waals surface area (Å²) in [5.74, 6) is 2.37. The van der Waals surface area contributed by atoms with Crippen LogP contribution in [-0.4, -0.2) is 69.8 Å². The van der Waals surface area contributed by atoms with Crippen LogP contribution >= 0.6 is 0 Å². The third-order valence-corrected chi connectivity index (χ3v) is 5.10. The Kier molecular flexibility index (Phi) is 6.74. The summed E-state index contributed by atoms with van der Waals surface area (Å²) in [4.78, 5) is 21.3. The quantitative estimate of drug-likeness (QED) is 0.724. The number of piperidine rings is 1. The fourth-order valence-corrected chi connectivity index (χ4v) is 3.73. The monoisotopic (exact) mass is 386 g/mol. The molecule has 0 saturated carbocycles. The van der Waals surface area contributed by atoms with Crippen molar-refractivity contribution in [3.05, 3.63) is 41.2 Å². The summed E-state index contributed by atoms with van der Waals surface area (Å²) in [6.45, 7) is 5.59. The maximum absolute atomic E-state index is 12.8. The van der Waals surface area contributed by atoms with E-state index in [1.807, 2.05) is 31.1 Å². The van der Waals surface area contributed by atoms with Crippen molar-refractivity contribution in [2.75, 3.05) is 34.3 Å². The smallest absolute Gasteiger partial charge is 0.272 e. The van der Waals surface area contributed by atoms with Crippen molar-refractivity contribution >= 4 is 5.91 Å². The van der Waals surface area contributed by atoms with Gasteiger partial charge in [0.2, 0.25) is 0 Å². The lowest BCUT2D eigenvalue weighted by atomic mass is 9.95. The molecule has 8 heteroatoms. The van der Waals surface area contributed by atoms with Gasteiger partial charge in [0.1, 0.15) is 17.3 Å². The van der Waals surface area contributed by atoms with Gasteiger partial charge in [0, 0.05) is 32.7 Å². The molecule has 2 aromatic rings. The number of carbonyl (C=O) groups is 1. The number of methoxy groups -OCH3 is 1. The Balaban J connectivity index is 1.65. The van der Waals surface area contributed by atoms with Crippen LogP contribution in [0.5, 0.6) is 0 Å². The molecule has 1 aliphatic rings. The number of hydrogen-bond donors (Lipinski definition) is 0. The Morgan fingerprint density at radius 1 is 1.25 bits per heavy atom. The zero-order valence-corrected chi connectivity index (χ0v) is 17.3. The molecule has 0 aliphatic carbocycles. The second-order valence-corrected chi connectivity index (χ2v) is 7.47. The van der Waals surface area contributed by atoms with Gasteiger partial charge in [-0.15, -0.1) is 10.2 Å². The van der Waals surface area contributed by atoms with Gasteiger partial charge in [-0.05, 0) is 46.0 Å². The first kappa shape index (κ1) is 20.4. The zero-order valence-electron chi connectivity index (χ0n) is 17.3. The molecule has 3 heterocycles. The summed E-state index contributed by atoms with van der Waals surface area (Å²) >= 11 is 0. The van der Waals surface area contributed by atoms with Crippen LogP contribution in [0.15, 0.2) is 18.2 Å². The molecule has 152 valence electrons. The molecule has 28 heavy (non-hydrogen) atoms. The van der Waals surface area contributed by atoms with E-state index in [0.717, 1.165) is 43.3 Å². The average molecular weight is 387 g/mol. The van der Waals surface area contributed by atoms with Crippen molar-refractivity contribution < 1.29 is 9.53 Å². The second-order valence-electron chi connectivity index (χ2n) is 7.47. The minimum absolute atomic E-state index is 0.0124. The normalized spacial score (nSPS) is 15.4. The first-order valence-corrected chi connectivity index (χ1v) is 9.84. The molecular formula is C20H30N6O2. The number of pyridine rings is 1. The predicted molar refractivity (Wildman–Crippen MR) is 106 cm³/mol. The van der Waals surface area contributed by atoms with E-state index < -0.39 is 0 Å². The third kappa shape index (κ3) is 4.56. The fraction of sp³-hybridized carbons (Fsp3) is 0.600. The maximum atomic E-state index is 12.8. The summed E-state index contributed by atoms with van der Waals surface area (Å²) in [5.41, 5.74) is 1.26. The molecule has 8 nitrogen and oxygen atoms in total. The van der Waals surface area contributed by atoms with Gasteiger partial charge < -0.3 is 19.1 Å². The van der Waals surface area contributed by atoms with Crippen molar-refractivity contribution in [1.82, 2.24) is 29.5 Å². The van der Waals surface area contributed by atoms with Crippen LogP contribution in [0.3, 0.4) is 0 Å². The summed E-state index contributed by atoms with van der Waals surface area (Å²) in [7, 11) is 5.70. The molecule has 0 spiro atoms. The Hall–Kier alpha value is -2.32. The summed E-state index contributed by atoms with van der Waals surface area (Å²) in [6.07, 6.45) is 1.78. The molecule has 0 aromatic carbocycles. The Morgan fingerprint density at radius 2 is 2.00 bits per heavy atom. The number of nitrogens with zero attached hydrogens (tertiary/aromatic N) is 6. The number of hydrogen-bond acceptors (Lipinski definition) is 6. The third-order valence-electron chi connectivity index (χ3n) is 5.10. The molecule has 2 aromatic heterocycles. The van der Waals surface area contributed by atoms with Crippen LogP contribution in [-0.2, 0) is 24.4 Å². The predicted octanol–water partition coefficient (Wildman–Crippen LogP) is 1.92. The van der Waals surface area contributed by atoms with Crippen molar-refractivity contribution in [3.63, 3.8) is 0 Å². The van der Waals surface area contributed by atoms with E-state index in [-0.39, 0.29) is 5.91 Å². The second kappa shape index (κ2) is 9.25. The topological polar surface area (TPSA) is 76.4 Å². The molecular weight excluding hydrogens is 356 g/mol. The van der Waals surface area contributed by atoms with Gasteiger partial charge in [0.15, 0.2) is 0 Å². The van der Waals surface area contributed by atoms with Gasteiger partial charge in [-0.2, -0.15) is 0 Å². The van der Waals surface area contributed by atoms with E-state index in [1.165, 1.54) is 0 Å². The van der Waals surface area contributed by atoms with Gasteiger partial charge >= 0.3 is 0 Å². The van der Waals surface area contributed by atoms with E-state index in [9.17, 15) is 4.79 Å². The number of carbonyl (C=O) groups excluding carboxylic acids is 1. The largest absolute Gasteiger partial charge is 0.378 e. The number of rotatable bonds is 7. The molecule has 0 unspecified atom stereocenters. The highest BCUT2D eigenvalue weighted by molar-refractivity contribution is 5.92. The Morgan fingerprint density at radius 3 is 2.64 bits per heavy atom. The maximum Gasteiger partial charge on any atom is 0.272 e. The highest BCUT2D eigenvalue weighted by Gasteiger charge is 2.28. The van der Waals surface area contributed by atoms with E-state index >= 15 is 0 Å². The lowest BCUT2D eigenvalue weighted by Gasteiger charge is -2.31. The number of likely N-dealkylation sites (tertiary alicyclic amines) is 1. The summed E-state index contributed by atoms with van der Waals surface area (Å²) in [5, 5.41) is 8.88. The molecule has 0 N–H and O–H groups in total. The highest BCUT2D eigenvalue weighted by atomic mass is 16.5. The molecule has 1 amide bonds. The lowest BCUT2D eigenvalue weighted by Crippen LogP contribution is -2.38. The number of aromatic nitrogens is 4. The minimum atomic E-state index is -0.0124. The van der Waals surface area contributed by atoms with Crippen LogP contribution in [0.25, 0.3) is 0 Å². The van der Waals surface area contributed by atoms with Crippen LogP contribution in [0.1, 0.15) is 53.5 Å². The first-order valence-electron chi connectivity index (χ1n) is 9.84. The fourth-order valence-electron chi connectivity index (χ4n) is 3.73. The Bertz CT molecular complexity index is 796. The molecule has 1 fully saturated rings. The SMILES string of the molecule is CCn1c(CN(C)C)nnc1C1CCN(C(=O)c2cccc(COC)n2)CC1. The van der Waals surface area contributed by atoms with E-state index in [0.29, 0.717) is 31.3 Å². The molecule has 1 saturated heterocycles. The van der Waals surface area contributed by atoms with Gasteiger partial charge in [-0.3, -0.25) is 4.79 Å². The van der Waals surface area contributed by atoms with E-state index in [2.05, 4.69) is 31.6 Å². The average Bonchev–Trinajstić information content (AvgIpc) is 3.10. The summed E-state index contributed by atoms with van der Waals surface area (Å²) in [6, 6.07) is 5.50.